The van der Waals surface area contributed by atoms with Gasteiger partial charge in [0.2, 0.25) is 5.95 Å². The normalized spacial score (nSPS) is 19.7. The molecule has 29 heavy (non-hydrogen) atoms. The lowest BCUT2D eigenvalue weighted by molar-refractivity contribution is 0.122. The minimum absolute atomic E-state index is 0.206. The lowest BCUT2D eigenvalue weighted by atomic mass is 10.0. The highest BCUT2D eigenvalue weighted by Gasteiger charge is 2.26. The van der Waals surface area contributed by atoms with Gasteiger partial charge in [0.25, 0.3) is 0 Å². The number of hydrogen-bond donors (Lipinski definition) is 0. The number of nitrogens with zero attached hydrogens (tertiary/aromatic N) is 6. The standard InChI is InChI=1S/C21H25FN6O/c1-26(21-24-5-4-20(25-21)27-7-9-29-10-8-27)18-3-2-6-28(15-18)19-12-16(14-23)11-17(22)13-19/h4-5,11-13,18H,2-3,6-10,15H2,1H3. The Bertz CT molecular complexity index is 895. The molecule has 2 aromatic rings. The second kappa shape index (κ2) is 8.62. The number of likely N-dealkylation sites (N-methyl/N-ethyl adjacent to an activating group) is 1. The Labute approximate surface area is 170 Å². The SMILES string of the molecule is CN(c1nccc(N2CCOCC2)n1)C1CCCN(c2cc(F)cc(C#N)c2)C1. The van der Waals surface area contributed by atoms with Crippen molar-refractivity contribution in [2.45, 2.75) is 18.9 Å². The molecule has 2 aliphatic rings. The van der Waals surface area contributed by atoms with Gasteiger partial charge < -0.3 is 19.4 Å². The van der Waals surface area contributed by atoms with Crippen molar-refractivity contribution in [2.75, 3.05) is 61.1 Å². The van der Waals surface area contributed by atoms with Crippen molar-refractivity contribution >= 4 is 17.5 Å². The monoisotopic (exact) mass is 396 g/mol. The van der Waals surface area contributed by atoms with E-state index in [1.54, 1.807) is 12.3 Å². The number of rotatable bonds is 4. The molecule has 2 aliphatic heterocycles. The maximum absolute atomic E-state index is 13.9. The predicted molar refractivity (Wildman–Crippen MR) is 110 cm³/mol. The van der Waals surface area contributed by atoms with E-state index < -0.39 is 0 Å². The minimum atomic E-state index is -0.379. The highest BCUT2D eigenvalue weighted by atomic mass is 19.1. The molecule has 0 amide bonds. The van der Waals surface area contributed by atoms with E-state index in [4.69, 9.17) is 15.0 Å². The van der Waals surface area contributed by atoms with E-state index in [0.29, 0.717) is 24.7 Å². The van der Waals surface area contributed by atoms with Crippen LogP contribution in [-0.4, -0.2) is 62.5 Å². The highest BCUT2D eigenvalue weighted by molar-refractivity contribution is 5.53. The summed E-state index contributed by atoms with van der Waals surface area (Å²) in [5, 5.41) is 9.14. The average molecular weight is 396 g/mol. The number of aromatic nitrogens is 2. The number of benzene rings is 1. The van der Waals surface area contributed by atoms with Crippen molar-refractivity contribution < 1.29 is 9.13 Å². The van der Waals surface area contributed by atoms with Gasteiger partial charge in [-0.3, -0.25) is 0 Å². The molecule has 0 radical (unpaired) electrons. The molecule has 7 nitrogen and oxygen atoms in total. The van der Waals surface area contributed by atoms with Crippen LogP contribution in [0.1, 0.15) is 18.4 Å². The number of ether oxygens (including phenoxy) is 1. The summed E-state index contributed by atoms with van der Waals surface area (Å²) in [4.78, 5) is 15.7. The molecule has 1 aromatic carbocycles. The molecule has 2 fully saturated rings. The summed E-state index contributed by atoms with van der Waals surface area (Å²) in [6, 6.07) is 8.69. The number of anilines is 3. The van der Waals surface area contributed by atoms with Gasteiger partial charge in [-0.25, -0.2) is 9.37 Å². The van der Waals surface area contributed by atoms with Crippen LogP contribution in [0.2, 0.25) is 0 Å². The van der Waals surface area contributed by atoms with Crippen LogP contribution in [-0.2, 0) is 4.74 Å². The molecule has 0 spiro atoms. The third-order valence-electron chi connectivity index (χ3n) is 5.60. The first kappa shape index (κ1) is 19.4. The van der Waals surface area contributed by atoms with Crippen LogP contribution < -0.4 is 14.7 Å². The van der Waals surface area contributed by atoms with E-state index in [1.807, 2.05) is 19.2 Å². The Morgan fingerprint density at radius 2 is 2.03 bits per heavy atom. The average Bonchev–Trinajstić information content (AvgIpc) is 2.79. The first-order valence-electron chi connectivity index (χ1n) is 9.98. The molecule has 0 bridgehead atoms. The van der Waals surface area contributed by atoms with Gasteiger partial charge in [-0.2, -0.15) is 10.2 Å². The van der Waals surface area contributed by atoms with Crippen LogP contribution in [0.4, 0.5) is 21.8 Å². The molecule has 1 aromatic heterocycles. The molecule has 0 aliphatic carbocycles. The summed E-state index contributed by atoms with van der Waals surface area (Å²) in [5.74, 6) is 1.23. The second-order valence-corrected chi connectivity index (χ2v) is 7.48. The summed E-state index contributed by atoms with van der Waals surface area (Å²) >= 11 is 0. The van der Waals surface area contributed by atoms with E-state index in [2.05, 4.69) is 19.7 Å². The molecule has 1 unspecified atom stereocenters. The molecule has 4 rings (SSSR count). The van der Waals surface area contributed by atoms with Crippen molar-refractivity contribution in [3.05, 3.63) is 41.8 Å². The van der Waals surface area contributed by atoms with Crippen molar-refractivity contribution in [1.82, 2.24) is 9.97 Å². The molecule has 0 N–H and O–H groups in total. The fourth-order valence-electron chi connectivity index (χ4n) is 3.97. The molecule has 2 saturated heterocycles. The lowest BCUT2D eigenvalue weighted by Gasteiger charge is -2.39. The zero-order valence-electron chi connectivity index (χ0n) is 16.6. The second-order valence-electron chi connectivity index (χ2n) is 7.48. The molecule has 1 atom stereocenters. The van der Waals surface area contributed by atoms with Gasteiger partial charge in [-0.05, 0) is 37.1 Å². The predicted octanol–water partition coefficient (Wildman–Crippen LogP) is 2.43. The van der Waals surface area contributed by atoms with Gasteiger partial charge >= 0.3 is 0 Å². The van der Waals surface area contributed by atoms with Crippen LogP contribution in [0.25, 0.3) is 0 Å². The Hall–Kier alpha value is -2.92. The number of hydrogen-bond acceptors (Lipinski definition) is 7. The molecule has 3 heterocycles. The summed E-state index contributed by atoms with van der Waals surface area (Å²) in [6.07, 6.45) is 3.80. The molecular formula is C21H25FN6O. The Balaban J connectivity index is 1.50. The lowest BCUT2D eigenvalue weighted by Crippen LogP contribution is -2.47. The van der Waals surface area contributed by atoms with E-state index in [1.165, 1.54) is 12.1 Å². The highest BCUT2D eigenvalue weighted by Crippen LogP contribution is 2.26. The maximum atomic E-state index is 13.9. The van der Waals surface area contributed by atoms with E-state index >= 15 is 0 Å². The third kappa shape index (κ3) is 4.40. The fraction of sp³-hybridized carbons (Fsp3) is 0.476. The molecular weight excluding hydrogens is 371 g/mol. The van der Waals surface area contributed by atoms with Crippen molar-refractivity contribution in [2.24, 2.45) is 0 Å². The maximum Gasteiger partial charge on any atom is 0.227 e. The van der Waals surface area contributed by atoms with Crippen molar-refractivity contribution in [1.29, 1.82) is 5.26 Å². The quantitative estimate of drug-likeness (QED) is 0.786. The van der Waals surface area contributed by atoms with Gasteiger partial charge in [0.05, 0.1) is 24.8 Å². The van der Waals surface area contributed by atoms with Crippen LogP contribution in [0.5, 0.6) is 0 Å². The molecule has 152 valence electrons. The summed E-state index contributed by atoms with van der Waals surface area (Å²) in [5.41, 5.74) is 1.10. The van der Waals surface area contributed by atoms with Gasteiger partial charge in [0.15, 0.2) is 0 Å². The fourth-order valence-corrected chi connectivity index (χ4v) is 3.97. The number of halogens is 1. The van der Waals surface area contributed by atoms with E-state index in [-0.39, 0.29) is 11.9 Å². The summed E-state index contributed by atoms with van der Waals surface area (Å²) < 4.78 is 19.3. The zero-order valence-corrected chi connectivity index (χ0v) is 16.6. The van der Waals surface area contributed by atoms with Crippen LogP contribution >= 0.6 is 0 Å². The van der Waals surface area contributed by atoms with Crippen LogP contribution in [0, 0.1) is 17.1 Å². The van der Waals surface area contributed by atoms with Gasteiger partial charge in [0, 0.05) is 51.2 Å². The molecule has 8 heteroatoms. The Morgan fingerprint density at radius 3 is 2.83 bits per heavy atom. The van der Waals surface area contributed by atoms with Crippen LogP contribution in [0.3, 0.4) is 0 Å². The molecule has 0 saturated carbocycles. The number of piperidine rings is 1. The Morgan fingerprint density at radius 1 is 1.21 bits per heavy atom. The van der Waals surface area contributed by atoms with E-state index in [0.717, 1.165) is 50.5 Å². The number of nitriles is 1. The van der Waals surface area contributed by atoms with Gasteiger partial charge in [0.1, 0.15) is 11.6 Å². The smallest absolute Gasteiger partial charge is 0.227 e. The van der Waals surface area contributed by atoms with Crippen LogP contribution in [0.15, 0.2) is 30.5 Å². The topological polar surface area (TPSA) is 68.5 Å². The van der Waals surface area contributed by atoms with Crippen molar-refractivity contribution in [3.8, 4) is 6.07 Å². The largest absolute Gasteiger partial charge is 0.378 e. The Kier molecular flexibility index (Phi) is 5.76. The number of morpholine rings is 1. The minimum Gasteiger partial charge on any atom is -0.378 e. The first-order chi connectivity index (χ1) is 14.1. The van der Waals surface area contributed by atoms with E-state index in [9.17, 15) is 4.39 Å². The van der Waals surface area contributed by atoms with Gasteiger partial charge in [-0.1, -0.05) is 0 Å². The summed E-state index contributed by atoms with van der Waals surface area (Å²) in [7, 11) is 2.01. The third-order valence-corrected chi connectivity index (χ3v) is 5.60. The first-order valence-corrected chi connectivity index (χ1v) is 9.98. The van der Waals surface area contributed by atoms with Gasteiger partial charge in [-0.15, -0.1) is 0 Å². The summed E-state index contributed by atoms with van der Waals surface area (Å²) in [6.45, 7) is 4.66. The zero-order chi connectivity index (χ0) is 20.2. The van der Waals surface area contributed by atoms with Crippen molar-refractivity contribution in [3.63, 3.8) is 0 Å².